The fraction of sp³-hybridized carbons (Fsp3) is 0.238. The first-order valence-electron chi connectivity index (χ1n) is 9.23. The first-order chi connectivity index (χ1) is 14.4. The molecule has 1 aromatic carbocycles. The number of hydrogen-bond acceptors (Lipinski definition) is 7. The van der Waals surface area contributed by atoms with Crippen LogP contribution in [0.1, 0.15) is 23.7 Å². The standard InChI is InChI=1S/C21H19N3O6/c1-13-5-7-14(8-6-13)21(2)19(26)24(20(27)22-21)11-18(25)29-12-15-10-17(30-23-15)16-4-3-9-28-16/h3-10H,11-12H2,1-2H3,(H,22,27). The zero-order valence-electron chi connectivity index (χ0n) is 16.4. The quantitative estimate of drug-likeness (QED) is 0.492. The molecule has 9 heteroatoms. The lowest BCUT2D eigenvalue weighted by atomic mass is 9.91. The average molecular weight is 409 g/mol. The normalized spacial score (nSPS) is 18.5. The molecule has 3 heterocycles. The number of carbonyl (C=O) groups is 3. The van der Waals surface area contributed by atoms with Gasteiger partial charge < -0.3 is 19.0 Å². The molecule has 0 aliphatic carbocycles. The SMILES string of the molecule is Cc1ccc(C2(C)NC(=O)N(CC(=O)OCc3cc(-c4ccco4)on3)C2=O)cc1. The van der Waals surface area contributed by atoms with E-state index in [1.54, 1.807) is 37.3 Å². The lowest BCUT2D eigenvalue weighted by Gasteiger charge is -2.22. The summed E-state index contributed by atoms with van der Waals surface area (Å²) in [4.78, 5) is 38.3. The van der Waals surface area contributed by atoms with Gasteiger partial charge in [-0.2, -0.15) is 0 Å². The van der Waals surface area contributed by atoms with Gasteiger partial charge in [-0.05, 0) is 31.5 Å². The van der Waals surface area contributed by atoms with Crippen LogP contribution in [0.4, 0.5) is 4.79 Å². The number of rotatable bonds is 6. The Morgan fingerprint density at radius 2 is 1.97 bits per heavy atom. The van der Waals surface area contributed by atoms with Crippen LogP contribution in [0, 0.1) is 6.92 Å². The number of imide groups is 1. The maximum Gasteiger partial charge on any atom is 0.326 e. The van der Waals surface area contributed by atoms with Gasteiger partial charge in [0.05, 0.1) is 6.26 Å². The number of hydrogen-bond donors (Lipinski definition) is 1. The third-order valence-corrected chi connectivity index (χ3v) is 4.90. The molecule has 0 saturated carbocycles. The highest BCUT2D eigenvalue weighted by Crippen LogP contribution is 2.29. The number of nitrogens with one attached hydrogen (secondary N) is 1. The van der Waals surface area contributed by atoms with Crippen LogP contribution in [0.5, 0.6) is 0 Å². The van der Waals surface area contributed by atoms with Gasteiger partial charge in [-0.3, -0.25) is 14.5 Å². The molecule has 154 valence electrons. The minimum atomic E-state index is -1.24. The van der Waals surface area contributed by atoms with Crippen molar-refractivity contribution in [3.8, 4) is 11.5 Å². The Labute approximate surface area is 171 Å². The van der Waals surface area contributed by atoms with Crippen LogP contribution < -0.4 is 5.32 Å². The molecule has 1 N–H and O–H groups in total. The van der Waals surface area contributed by atoms with Crippen LogP contribution in [0.15, 0.2) is 57.7 Å². The van der Waals surface area contributed by atoms with Crippen molar-refractivity contribution in [2.45, 2.75) is 26.0 Å². The summed E-state index contributed by atoms with van der Waals surface area (Å²) in [7, 11) is 0. The lowest BCUT2D eigenvalue weighted by Crippen LogP contribution is -2.41. The maximum absolute atomic E-state index is 12.9. The summed E-state index contributed by atoms with van der Waals surface area (Å²) in [5.41, 5.74) is 0.796. The summed E-state index contributed by atoms with van der Waals surface area (Å²) in [5.74, 6) is -0.368. The average Bonchev–Trinajstić information content (AvgIpc) is 3.45. The van der Waals surface area contributed by atoms with Gasteiger partial charge in [0.25, 0.3) is 5.91 Å². The Bertz CT molecular complexity index is 1090. The fourth-order valence-electron chi connectivity index (χ4n) is 3.17. The molecule has 1 saturated heterocycles. The second kappa shape index (κ2) is 7.51. The topological polar surface area (TPSA) is 115 Å². The highest BCUT2D eigenvalue weighted by Gasteiger charge is 2.49. The number of benzene rings is 1. The molecule has 3 aromatic rings. The number of carbonyl (C=O) groups excluding carboxylic acids is 3. The van der Waals surface area contributed by atoms with Crippen molar-refractivity contribution in [2.24, 2.45) is 0 Å². The largest absolute Gasteiger partial charge is 0.461 e. The van der Waals surface area contributed by atoms with Crippen molar-refractivity contribution in [1.29, 1.82) is 0 Å². The van der Waals surface area contributed by atoms with Crippen molar-refractivity contribution < 1.29 is 28.1 Å². The van der Waals surface area contributed by atoms with E-state index >= 15 is 0 Å². The molecule has 0 bridgehead atoms. The fourth-order valence-corrected chi connectivity index (χ4v) is 3.17. The van der Waals surface area contributed by atoms with Gasteiger partial charge in [0.2, 0.25) is 5.76 Å². The molecule has 1 aliphatic rings. The molecule has 1 aliphatic heterocycles. The Balaban J connectivity index is 1.38. The van der Waals surface area contributed by atoms with Crippen LogP contribution in [-0.4, -0.2) is 34.5 Å². The van der Waals surface area contributed by atoms with Gasteiger partial charge in [-0.1, -0.05) is 35.0 Å². The summed E-state index contributed by atoms with van der Waals surface area (Å²) in [5, 5.41) is 6.46. The molecule has 4 rings (SSSR count). The predicted octanol–water partition coefficient (Wildman–Crippen LogP) is 2.75. The van der Waals surface area contributed by atoms with Crippen molar-refractivity contribution in [2.75, 3.05) is 6.54 Å². The Morgan fingerprint density at radius 3 is 2.67 bits per heavy atom. The molecular formula is C21H19N3O6. The zero-order chi connectivity index (χ0) is 21.3. The number of urea groups is 1. The Hall–Kier alpha value is -3.88. The number of ether oxygens (including phenoxy) is 1. The molecule has 30 heavy (non-hydrogen) atoms. The van der Waals surface area contributed by atoms with E-state index in [0.717, 1.165) is 10.5 Å². The zero-order valence-corrected chi connectivity index (χ0v) is 16.4. The highest BCUT2D eigenvalue weighted by molar-refractivity contribution is 6.08. The van der Waals surface area contributed by atoms with Crippen molar-refractivity contribution in [1.82, 2.24) is 15.4 Å². The number of amides is 3. The molecule has 2 aromatic heterocycles. The third-order valence-electron chi connectivity index (χ3n) is 4.90. The van der Waals surface area contributed by atoms with Crippen LogP contribution in [0.2, 0.25) is 0 Å². The van der Waals surface area contributed by atoms with E-state index in [-0.39, 0.29) is 6.61 Å². The third kappa shape index (κ3) is 3.57. The predicted molar refractivity (Wildman–Crippen MR) is 103 cm³/mol. The van der Waals surface area contributed by atoms with Gasteiger partial charge in [0.1, 0.15) is 24.4 Å². The second-order valence-electron chi connectivity index (χ2n) is 7.13. The molecule has 1 unspecified atom stereocenters. The number of nitrogens with zero attached hydrogens (tertiary/aromatic N) is 2. The van der Waals surface area contributed by atoms with E-state index in [1.807, 2.05) is 19.1 Å². The summed E-state index contributed by atoms with van der Waals surface area (Å²) in [6.07, 6.45) is 1.50. The molecule has 9 nitrogen and oxygen atoms in total. The monoisotopic (exact) mass is 409 g/mol. The number of furan rings is 1. The minimum absolute atomic E-state index is 0.165. The van der Waals surface area contributed by atoms with E-state index in [1.165, 1.54) is 6.26 Å². The smallest absolute Gasteiger partial charge is 0.326 e. The first kappa shape index (κ1) is 19.4. The Kier molecular flexibility index (Phi) is 4.86. The maximum atomic E-state index is 12.9. The summed E-state index contributed by atoms with van der Waals surface area (Å²) in [6, 6.07) is 11.6. The molecule has 0 spiro atoms. The van der Waals surface area contributed by atoms with E-state index < -0.39 is 30.0 Å². The first-order valence-corrected chi connectivity index (χ1v) is 9.23. The van der Waals surface area contributed by atoms with Crippen molar-refractivity contribution in [3.63, 3.8) is 0 Å². The Morgan fingerprint density at radius 1 is 1.20 bits per heavy atom. The van der Waals surface area contributed by atoms with Crippen molar-refractivity contribution >= 4 is 17.9 Å². The minimum Gasteiger partial charge on any atom is -0.461 e. The van der Waals surface area contributed by atoms with Crippen LogP contribution in [0.3, 0.4) is 0 Å². The van der Waals surface area contributed by atoms with Crippen LogP contribution in [0.25, 0.3) is 11.5 Å². The second-order valence-corrected chi connectivity index (χ2v) is 7.13. The molecule has 0 radical (unpaired) electrons. The van der Waals surface area contributed by atoms with E-state index in [2.05, 4.69) is 10.5 Å². The van der Waals surface area contributed by atoms with Crippen LogP contribution >= 0.6 is 0 Å². The highest BCUT2D eigenvalue weighted by atomic mass is 16.5. The van der Waals surface area contributed by atoms with Crippen LogP contribution in [-0.2, 0) is 26.5 Å². The number of aromatic nitrogens is 1. The molecular weight excluding hydrogens is 390 g/mol. The van der Waals surface area contributed by atoms with Gasteiger partial charge in [-0.15, -0.1) is 0 Å². The van der Waals surface area contributed by atoms with Crippen molar-refractivity contribution in [3.05, 3.63) is 65.5 Å². The lowest BCUT2D eigenvalue weighted by molar-refractivity contribution is -0.149. The van der Waals surface area contributed by atoms with Gasteiger partial charge in [-0.25, -0.2) is 4.79 Å². The molecule has 1 fully saturated rings. The van der Waals surface area contributed by atoms with Gasteiger partial charge in [0, 0.05) is 6.07 Å². The number of aryl methyl sites for hydroxylation is 1. The van der Waals surface area contributed by atoms with E-state index in [9.17, 15) is 14.4 Å². The molecule has 1 atom stereocenters. The molecule has 3 amide bonds. The summed E-state index contributed by atoms with van der Waals surface area (Å²) < 4.78 is 15.5. The number of esters is 1. The van der Waals surface area contributed by atoms with Gasteiger partial charge in [0.15, 0.2) is 5.76 Å². The van der Waals surface area contributed by atoms with E-state index in [0.29, 0.717) is 22.8 Å². The summed E-state index contributed by atoms with van der Waals surface area (Å²) >= 11 is 0. The summed E-state index contributed by atoms with van der Waals surface area (Å²) in [6.45, 7) is 2.86. The van der Waals surface area contributed by atoms with E-state index in [4.69, 9.17) is 13.7 Å². The van der Waals surface area contributed by atoms with Gasteiger partial charge >= 0.3 is 12.0 Å².